The number of carbonyl (C=O) groups excluding carboxylic acids is 1. The molecule has 2 rings (SSSR count). The lowest BCUT2D eigenvalue weighted by molar-refractivity contribution is 0.112. The fourth-order valence-corrected chi connectivity index (χ4v) is 3.77. The van der Waals surface area contributed by atoms with Gasteiger partial charge in [-0.2, -0.15) is 0 Å². The molecule has 7 heteroatoms. The van der Waals surface area contributed by atoms with E-state index >= 15 is 0 Å². The van der Waals surface area contributed by atoms with Crippen molar-refractivity contribution >= 4 is 31.1 Å². The molecule has 0 amide bonds. The first-order valence-electron chi connectivity index (χ1n) is 7.66. The van der Waals surface area contributed by atoms with E-state index in [0.717, 1.165) is 30.2 Å². The predicted octanol–water partition coefficient (Wildman–Crippen LogP) is 3.31. The van der Waals surface area contributed by atoms with Crippen molar-refractivity contribution in [1.82, 2.24) is 4.98 Å². The van der Waals surface area contributed by atoms with E-state index in [4.69, 9.17) is 9.16 Å². The SMILES string of the molecule is CC(C)(C)[Si](C)(C)OCc1nc(N2CCOCC2)sc1C=O. The average Bonchev–Trinajstić information content (AvgIpc) is 2.88. The monoisotopic (exact) mass is 342 g/mol. The number of ether oxygens (including phenoxy) is 1. The van der Waals surface area contributed by atoms with Gasteiger partial charge < -0.3 is 14.1 Å². The van der Waals surface area contributed by atoms with Gasteiger partial charge in [0.25, 0.3) is 0 Å². The van der Waals surface area contributed by atoms with Crippen LogP contribution >= 0.6 is 11.3 Å². The van der Waals surface area contributed by atoms with Gasteiger partial charge in [-0.05, 0) is 18.1 Å². The van der Waals surface area contributed by atoms with Gasteiger partial charge in [0.05, 0.1) is 30.4 Å². The third-order valence-corrected chi connectivity index (χ3v) is 10.0. The van der Waals surface area contributed by atoms with Crippen LogP contribution in [0.3, 0.4) is 0 Å². The minimum Gasteiger partial charge on any atom is -0.411 e. The van der Waals surface area contributed by atoms with Crippen molar-refractivity contribution in [3.8, 4) is 0 Å². The molecule has 1 aliphatic rings. The zero-order valence-electron chi connectivity index (χ0n) is 14.1. The highest BCUT2D eigenvalue weighted by molar-refractivity contribution is 7.17. The van der Waals surface area contributed by atoms with Crippen LogP contribution in [-0.2, 0) is 15.8 Å². The van der Waals surface area contributed by atoms with Gasteiger partial charge in [0.15, 0.2) is 19.7 Å². The van der Waals surface area contributed by atoms with Gasteiger partial charge in [0.1, 0.15) is 0 Å². The fraction of sp³-hybridized carbons (Fsp3) is 0.733. The van der Waals surface area contributed by atoms with Gasteiger partial charge in [-0.3, -0.25) is 4.79 Å². The Hall–Kier alpha value is -0.763. The highest BCUT2D eigenvalue weighted by Gasteiger charge is 2.37. The minimum absolute atomic E-state index is 0.150. The van der Waals surface area contributed by atoms with Crippen LogP contribution in [0.5, 0.6) is 0 Å². The Labute approximate surface area is 137 Å². The zero-order chi connectivity index (χ0) is 16.4. The first-order chi connectivity index (χ1) is 10.2. The number of rotatable bonds is 5. The minimum atomic E-state index is -1.84. The largest absolute Gasteiger partial charge is 0.411 e. The highest BCUT2D eigenvalue weighted by atomic mass is 32.1. The molecule has 2 heterocycles. The molecular formula is C15H26N2O3SSi. The second-order valence-electron chi connectivity index (χ2n) is 7.07. The van der Waals surface area contributed by atoms with Gasteiger partial charge in [0, 0.05) is 13.1 Å². The van der Waals surface area contributed by atoms with Crippen LogP contribution in [0, 0.1) is 0 Å². The van der Waals surface area contributed by atoms with E-state index < -0.39 is 8.32 Å². The summed E-state index contributed by atoms with van der Waals surface area (Å²) < 4.78 is 11.6. The number of nitrogens with zero attached hydrogens (tertiary/aromatic N) is 2. The predicted molar refractivity (Wildman–Crippen MR) is 92.5 cm³/mol. The van der Waals surface area contributed by atoms with Crippen LogP contribution in [0.1, 0.15) is 36.1 Å². The molecular weight excluding hydrogens is 316 g/mol. The first-order valence-corrected chi connectivity index (χ1v) is 11.4. The van der Waals surface area contributed by atoms with Crippen molar-refractivity contribution in [2.24, 2.45) is 0 Å². The Morgan fingerprint density at radius 3 is 2.55 bits per heavy atom. The van der Waals surface area contributed by atoms with Gasteiger partial charge in [0.2, 0.25) is 0 Å². The third-order valence-electron chi connectivity index (χ3n) is 4.48. The van der Waals surface area contributed by atoms with E-state index in [1.807, 2.05) is 0 Å². The Kier molecular flexibility index (Phi) is 5.42. The van der Waals surface area contributed by atoms with Crippen molar-refractivity contribution < 1.29 is 14.0 Å². The Morgan fingerprint density at radius 1 is 1.36 bits per heavy atom. The molecule has 1 aromatic rings. The van der Waals surface area contributed by atoms with E-state index in [9.17, 15) is 4.79 Å². The molecule has 0 unspecified atom stereocenters. The van der Waals surface area contributed by atoms with Crippen LogP contribution in [0.4, 0.5) is 5.13 Å². The van der Waals surface area contributed by atoms with Crippen molar-refractivity contribution in [2.75, 3.05) is 31.2 Å². The van der Waals surface area contributed by atoms with Gasteiger partial charge in [-0.25, -0.2) is 4.98 Å². The number of aromatic nitrogens is 1. The normalized spacial score (nSPS) is 16.9. The summed E-state index contributed by atoms with van der Waals surface area (Å²) in [5.74, 6) is 0. The van der Waals surface area contributed by atoms with Crippen LogP contribution in [0.2, 0.25) is 18.1 Å². The highest BCUT2D eigenvalue weighted by Crippen LogP contribution is 2.37. The van der Waals surface area contributed by atoms with Gasteiger partial charge >= 0.3 is 0 Å². The maximum atomic E-state index is 11.3. The molecule has 0 N–H and O–H groups in total. The zero-order valence-corrected chi connectivity index (χ0v) is 16.0. The van der Waals surface area contributed by atoms with Crippen molar-refractivity contribution in [3.05, 3.63) is 10.6 Å². The maximum absolute atomic E-state index is 11.3. The summed E-state index contributed by atoms with van der Waals surface area (Å²) >= 11 is 1.45. The topological polar surface area (TPSA) is 51.7 Å². The maximum Gasteiger partial charge on any atom is 0.192 e. The van der Waals surface area contributed by atoms with E-state index in [-0.39, 0.29) is 5.04 Å². The molecule has 124 valence electrons. The molecule has 0 aliphatic carbocycles. The number of aldehydes is 1. The summed E-state index contributed by atoms with van der Waals surface area (Å²) in [5, 5.41) is 1.05. The van der Waals surface area contributed by atoms with E-state index in [1.165, 1.54) is 11.3 Å². The third kappa shape index (κ3) is 3.95. The van der Waals surface area contributed by atoms with Gasteiger partial charge in [-0.1, -0.05) is 32.1 Å². The lowest BCUT2D eigenvalue weighted by atomic mass is 10.2. The number of thiazole rings is 1. The molecule has 0 atom stereocenters. The van der Waals surface area contributed by atoms with Crippen LogP contribution in [-0.4, -0.2) is 45.9 Å². The number of hydrogen-bond donors (Lipinski definition) is 0. The Morgan fingerprint density at radius 2 is 2.00 bits per heavy atom. The summed E-state index contributed by atoms with van der Waals surface area (Å²) in [6.45, 7) is 14.6. The van der Waals surface area contributed by atoms with E-state index in [0.29, 0.717) is 24.7 Å². The van der Waals surface area contributed by atoms with Gasteiger partial charge in [-0.15, -0.1) is 0 Å². The quantitative estimate of drug-likeness (QED) is 0.607. The molecule has 5 nitrogen and oxygen atoms in total. The molecule has 1 aliphatic heterocycles. The first kappa shape index (κ1) is 17.6. The Bertz CT molecular complexity index is 519. The Balaban J connectivity index is 2.10. The van der Waals surface area contributed by atoms with E-state index in [1.54, 1.807) is 0 Å². The molecule has 1 fully saturated rings. The molecule has 1 saturated heterocycles. The van der Waals surface area contributed by atoms with Crippen LogP contribution in [0.15, 0.2) is 0 Å². The van der Waals surface area contributed by atoms with Crippen molar-refractivity contribution in [3.63, 3.8) is 0 Å². The van der Waals surface area contributed by atoms with Crippen molar-refractivity contribution in [2.45, 2.75) is 45.5 Å². The van der Waals surface area contributed by atoms with Crippen LogP contribution < -0.4 is 4.90 Å². The standard InChI is InChI=1S/C15H26N2O3SSi/c1-15(2,3)22(4,5)20-11-12-13(10-18)21-14(16-12)17-6-8-19-9-7-17/h10H,6-9,11H2,1-5H3. The molecule has 0 radical (unpaired) electrons. The number of morpholine rings is 1. The molecule has 0 bridgehead atoms. The fourth-order valence-electron chi connectivity index (χ4n) is 1.90. The summed E-state index contributed by atoms with van der Waals surface area (Å²) in [4.78, 5) is 18.8. The number of anilines is 1. The average molecular weight is 343 g/mol. The number of carbonyl (C=O) groups is 1. The second-order valence-corrected chi connectivity index (χ2v) is 12.9. The lowest BCUT2D eigenvalue weighted by Crippen LogP contribution is -2.40. The molecule has 22 heavy (non-hydrogen) atoms. The second kappa shape index (κ2) is 6.78. The molecule has 0 spiro atoms. The van der Waals surface area contributed by atoms with E-state index in [2.05, 4.69) is 43.7 Å². The van der Waals surface area contributed by atoms with Crippen molar-refractivity contribution in [1.29, 1.82) is 0 Å². The summed E-state index contributed by atoms with van der Waals surface area (Å²) in [5.41, 5.74) is 0.770. The summed E-state index contributed by atoms with van der Waals surface area (Å²) in [6.07, 6.45) is 0.895. The smallest absolute Gasteiger partial charge is 0.192 e. The summed E-state index contributed by atoms with van der Waals surface area (Å²) in [6, 6.07) is 0. The molecule has 0 saturated carbocycles. The molecule has 0 aromatic carbocycles. The van der Waals surface area contributed by atoms with Crippen LogP contribution in [0.25, 0.3) is 0 Å². The molecule has 1 aromatic heterocycles. The number of hydrogen-bond acceptors (Lipinski definition) is 6. The lowest BCUT2D eigenvalue weighted by Gasteiger charge is -2.35. The summed E-state index contributed by atoms with van der Waals surface area (Å²) in [7, 11) is -1.84.